The van der Waals surface area contributed by atoms with Gasteiger partial charge < -0.3 is 14.8 Å². The lowest BCUT2D eigenvalue weighted by atomic mass is 10.0. The largest absolute Gasteiger partial charge is 0.493 e. The highest BCUT2D eigenvalue weighted by Crippen LogP contribution is 2.28. The summed E-state index contributed by atoms with van der Waals surface area (Å²) < 4.78 is 10.6. The van der Waals surface area contributed by atoms with Gasteiger partial charge in [-0.25, -0.2) is 0 Å². The van der Waals surface area contributed by atoms with Gasteiger partial charge in [0.1, 0.15) is 0 Å². The van der Waals surface area contributed by atoms with E-state index in [-0.39, 0.29) is 0 Å². The molecule has 0 spiro atoms. The van der Waals surface area contributed by atoms with Gasteiger partial charge in [0.05, 0.1) is 14.2 Å². The summed E-state index contributed by atoms with van der Waals surface area (Å²) in [6, 6.07) is 6.67. The predicted molar refractivity (Wildman–Crippen MR) is 82.7 cm³/mol. The molecule has 1 aromatic rings. The van der Waals surface area contributed by atoms with E-state index in [0.717, 1.165) is 30.4 Å². The van der Waals surface area contributed by atoms with Gasteiger partial charge in [0.15, 0.2) is 11.5 Å². The maximum absolute atomic E-state index is 5.35. The maximum Gasteiger partial charge on any atom is 0.160 e. The molecule has 1 atom stereocenters. The Labute approximate surface area is 122 Å². The lowest BCUT2D eigenvalue weighted by Crippen LogP contribution is -2.32. The van der Waals surface area contributed by atoms with Gasteiger partial charge in [-0.2, -0.15) is 0 Å². The Hall–Kier alpha value is -1.22. The highest BCUT2D eigenvalue weighted by molar-refractivity contribution is 5.43. The van der Waals surface area contributed by atoms with Crippen molar-refractivity contribution in [3.63, 3.8) is 0 Å². The molecule has 1 N–H and O–H groups in total. The summed E-state index contributed by atoms with van der Waals surface area (Å²) in [5.74, 6) is 2.50. The van der Waals surface area contributed by atoms with Crippen LogP contribution < -0.4 is 14.8 Å². The minimum Gasteiger partial charge on any atom is -0.493 e. The monoisotopic (exact) mass is 277 g/mol. The van der Waals surface area contributed by atoms with Crippen molar-refractivity contribution in [1.82, 2.24) is 5.32 Å². The van der Waals surface area contributed by atoms with Gasteiger partial charge in [0.2, 0.25) is 0 Å². The Bertz CT molecular complexity index is 413. The maximum atomic E-state index is 5.35. The molecule has 1 saturated carbocycles. The Morgan fingerprint density at radius 1 is 1.15 bits per heavy atom. The van der Waals surface area contributed by atoms with E-state index in [2.05, 4.69) is 24.4 Å². The molecule has 3 nitrogen and oxygen atoms in total. The first-order valence-corrected chi connectivity index (χ1v) is 7.67. The zero-order valence-electron chi connectivity index (χ0n) is 12.9. The van der Waals surface area contributed by atoms with Crippen LogP contribution in [0.15, 0.2) is 18.2 Å². The summed E-state index contributed by atoms with van der Waals surface area (Å²) in [5.41, 5.74) is 1.29. The molecule has 1 fully saturated rings. The minimum absolute atomic E-state index is 0.494. The third-order valence-electron chi connectivity index (χ3n) is 4.22. The molecule has 0 bridgehead atoms. The number of hydrogen-bond donors (Lipinski definition) is 1. The van der Waals surface area contributed by atoms with Crippen LogP contribution in [0, 0.1) is 5.92 Å². The highest BCUT2D eigenvalue weighted by atomic mass is 16.5. The first-order chi connectivity index (χ1) is 9.72. The number of methoxy groups -OCH3 is 2. The van der Waals surface area contributed by atoms with Gasteiger partial charge in [0, 0.05) is 6.04 Å². The highest BCUT2D eigenvalue weighted by Gasteiger charge is 2.15. The van der Waals surface area contributed by atoms with Gasteiger partial charge in [-0.3, -0.25) is 0 Å². The Morgan fingerprint density at radius 3 is 2.50 bits per heavy atom. The molecule has 1 unspecified atom stereocenters. The third kappa shape index (κ3) is 4.14. The van der Waals surface area contributed by atoms with Crippen LogP contribution in [-0.4, -0.2) is 26.8 Å². The quantitative estimate of drug-likeness (QED) is 0.828. The zero-order valence-corrected chi connectivity index (χ0v) is 12.9. The van der Waals surface area contributed by atoms with E-state index < -0.39 is 0 Å². The molecule has 20 heavy (non-hydrogen) atoms. The molecule has 2 rings (SSSR count). The van der Waals surface area contributed by atoms with E-state index in [4.69, 9.17) is 9.47 Å². The standard InChI is InChI=1S/C17H27NO2/c1-13(18-12-14-6-4-5-7-14)10-15-8-9-16(19-2)17(11-15)20-3/h8-9,11,13-14,18H,4-7,10,12H2,1-3H3. The number of rotatable bonds is 7. The Kier molecular flexibility index (Phi) is 5.72. The van der Waals surface area contributed by atoms with Crippen molar-refractivity contribution < 1.29 is 9.47 Å². The predicted octanol–water partition coefficient (Wildman–Crippen LogP) is 3.41. The molecular formula is C17H27NO2. The van der Waals surface area contributed by atoms with E-state index in [1.165, 1.54) is 31.2 Å². The number of nitrogens with one attached hydrogen (secondary N) is 1. The van der Waals surface area contributed by atoms with Crippen LogP contribution in [0.5, 0.6) is 11.5 Å². The molecule has 0 aromatic heterocycles. The van der Waals surface area contributed by atoms with Crippen LogP contribution in [0.3, 0.4) is 0 Å². The van der Waals surface area contributed by atoms with E-state index in [1.807, 2.05) is 6.07 Å². The fraction of sp³-hybridized carbons (Fsp3) is 0.647. The second-order valence-electron chi connectivity index (χ2n) is 5.85. The first-order valence-electron chi connectivity index (χ1n) is 7.67. The summed E-state index contributed by atoms with van der Waals surface area (Å²) >= 11 is 0. The molecule has 1 aromatic carbocycles. The van der Waals surface area contributed by atoms with Gasteiger partial charge in [0.25, 0.3) is 0 Å². The second kappa shape index (κ2) is 7.53. The summed E-state index contributed by atoms with van der Waals surface area (Å²) in [7, 11) is 3.35. The van der Waals surface area contributed by atoms with Gasteiger partial charge in [-0.05, 0) is 56.3 Å². The first kappa shape index (κ1) is 15.2. The summed E-state index contributed by atoms with van der Waals surface area (Å²) in [4.78, 5) is 0. The van der Waals surface area contributed by atoms with Crippen molar-refractivity contribution in [1.29, 1.82) is 0 Å². The summed E-state index contributed by atoms with van der Waals surface area (Å²) in [6.07, 6.45) is 6.64. The Morgan fingerprint density at radius 2 is 1.85 bits per heavy atom. The van der Waals surface area contributed by atoms with Crippen molar-refractivity contribution in [2.24, 2.45) is 5.92 Å². The van der Waals surface area contributed by atoms with Crippen LogP contribution in [0.4, 0.5) is 0 Å². The molecule has 3 heteroatoms. The van der Waals surface area contributed by atoms with Gasteiger partial charge in [-0.1, -0.05) is 18.9 Å². The van der Waals surface area contributed by atoms with Gasteiger partial charge in [-0.15, -0.1) is 0 Å². The molecule has 0 heterocycles. The molecule has 0 amide bonds. The lowest BCUT2D eigenvalue weighted by Gasteiger charge is -2.18. The normalized spacial score (nSPS) is 17.1. The summed E-state index contributed by atoms with van der Waals surface area (Å²) in [6.45, 7) is 3.42. The number of hydrogen-bond acceptors (Lipinski definition) is 3. The number of ether oxygens (including phenoxy) is 2. The van der Waals surface area contributed by atoms with Crippen LogP contribution in [0.1, 0.15) is 38.2 Å². The average molecular weight is 277 g/mol. The van der Waals surface area contributed by atoms with Crippen molar-refractivity contribution in [3.05, 3.63) is 23.8 Å². The average Bonchev–Trinajstić information content (AvgIpc) is 2.98. The van der Waals surface area contributed by atoms with Crippen LogP contribution >= 0.6 is 0 Å². The number of benzene rings is 1. The van der Waals surface area contributed by atoms with E-state index in [1.54, 1.807) is 14.2 Å². The third-order valence-corrected chi connectivity index (χ3v) is 4.22. The van der Waals surface area contributed by atoms with Crippen molar-refractivity contribution >= 4 is 0 Å². The van der Waals surface area contributed by atoms with Crippen molar-refractivity contribution in [3.8, 4) is 11.5 Å². The molecular weight excluding hydrogens is 250 g/mol. The SMILES string of the molecule is COc1ccc(CC(C)NCC2CCCC2)cc1OC. The van der Waals surface area contributed by atoms with Crippen molar-refractivity contribution in [2.75, 3.05) is 20.8 Å². The fourth-order valence-corrected chi connectivity index (χ4v) is 3.02. The Balaban J connectivity index is 1.85. The van der Waals surface area contributed by atoms with Crippen LogP contribution in [0.25, 0.3) is 0 Å². The van der Waals surface area contributed by atoms with Crippen LogP contribution in [0.2, 0.25) is 0 Å². The molecule has 0 aliphatic heterocycles. The fourth-order valence-electron chi connectivity index (χ4n) is 3.02. The zero-order chi connectivity index (χ0) is 14.4. The smallest absolute Gasteiger partial charge is 0.160 e. The molecule has 1 aliphatic carbocycles. The molecule has 1 aliphatic rings. The van der Waals surface area contributed by atoms with E-state index in [9.17, 15) is 0 Å². The minimum atomic E-state index is 0.494. The topological polar surface area (TPSA) is 30.5 Å². The van der Waals surface area contributed by atoms with Gasteiger partial charge >= 0.3 is 0 Å². The molecule has 0 saturated heterocycles. The van der Waals surface area contributed by atoms with Crippen molar-refractivity contribution in [2.45, 2.75) is 45.1 Å². The summed E-state index contributed by atoms with van der Waals surface area (Å²) in [5, 5.41) is 3.67. The second-order valence-corrected chi connectivity index (χ2v) is 5.85. The molecule has 112 valence electrons. The lowest BCUT2D eigenvalue weighted by molar-refractivity contribution is 0.354. The molecule has 0 radical (unpaired) electrons. The van der Waals surface area contributed by atoms with Crippen LogP contribution in [-0.2, 0) is 6.42 Å². The van der Waals surface area contributed by atoms with E-state index >= 15 is 0 Å². The van der Waals surface area contributed by atoms with E-state index in [0.29, 0.717) is 6.04 Å².